The first-order valence-electron chi connectivity index (χ1n) is 14.3. The van der Waals surface area contributed by atoms with Gasteiger partial charge in [-0.3, -0.25) is 0 Å². The Labute approximate surface area is 234 Å². The van der Waals surface area contributed by atoms with Crippen LogP contribution in [0.5, 0.6) is 5.75 Å². The first-order valence-corrected chi connectivity index (χ1v) is 15.2. The maximum Gasteiger partial charge on any atom is 0.453 e. The van der Waals surface area contributed by atoms with Crippen LogP contribution < -0.4 is 0 Å². The van der Waals surface area contributed by atoms with Crippen molar-refractivity contribution in [2.24, 2.45) is 23.2 Å². The van der Waals surface area contributed by atoms with Crippen molar-refractivity contribution in [3.63, 3.8) is 0 Å². The van der Waals surface area contributed by atoms with Gasteiger partial charge in [0.05, 0.1) is 6.10 Å². The lowest BCUT2D eigenvalue weighted by molar-refractivity contribution is -0.284. The van der Waals surface area contributed by atoms with Gasteiger partial charge in [-0.1, -0.05) is 24.9 Å². The summed E-state index contributed by atoms with van der Waals surface area (Å²) in [6.07, 6.45) is 0.727. The minimum atomic E-state index is -5.49. The highest BCUT2D eigenvalue weighted by atomic mass is 32.2. The largest absolute Gasteiger partial charge is 0.508 e. The average Bonchev–Trinajstić information content (AvgIpc) is 3.20. The molecule has 0 heterocycles. The zero-order valence-electron chi connectivity index (χ0n) is 23.8. The number of fused-ring (bicyclic) bond motifs is 5. The number of alkyl halides is 5. The summed E-state index contributed by atoms with van der Waals surface area (Å²) in [4.78, 5) is 0. The predicted octanol–water partition coefficient (Wildman–Crippen LogP) is 8.61. The number of halogens is 5. The zero-order valence-corrected chi connectivity index (χ0v) is 24.6. The molecule has 0 amide bonds. The van der Waals surface area contributed by atoms with Crippen molar-refractivity contribution in [3.8, 4) is 5.75 Å². The smallest absolute Gasteiger partial charge is 0.453 e. The Balaban J connectivity index is 1.44. The van der Waals surface area contributed by atoms with Crippen LogP contribution in [0.4, 0.5) is 22.0 Å². The molecule has 2 saturated carbocycles. The van der Waals surface area contributed by atoms with Gasteiger partial charge in [-0.2, -0.15) is 22.0 Å². The highest BCUT2D eigenvalue weighted by Crippen LogP contribution is 2.63. The third kappa shape index (κ3) is 6.11. The third-order valence-electron chi connectivity index (χ3n) is 10.4. The fraction of sp³-hybridized carbons (Fsp3) is 0.800. The number of hydrogen-bond donors (Lipinski definition) is 1. The maximum absolute atomic E-state index is 13.3. The fourth-order valence-corrected chi connectivity index (χ4v) is 8.89. The van der Waals surface area contributed by atoms with Crippen LogP contribution in [0.3, 0.4) is 0 Å². The van der Waals surface area contributed by atoms with E-state index in [0.29, 0.717) is 29.4 Å². The molecule has 39 heavy (non-hydrogen) atoms. The van der Waals surface area contributed by atoms with Gasteiger partial charge in [-0.05, 0) is 125 Å². The van der Waals surface area contributed by atoms with Crippen LogP contribution in [0, 0.1) is 23.2 Å². The molecule has 1 N–H and O–H groups in total. The average molecular weight is 578 g/mol. The Kier molecular flexibility index (Phi) is 8.96. The molecule has 0 bridgehead atoms. The number of nitrogens with zero attached hydrogens (tertiary/aromatic N) is 1. The summed E-state index contributed by atoms with van der Waals surface area (Å²) in [5.41, 5.74) is 2.55. The molecule has 0 aromatic heterocycles. The zero-order chi connectivity index (χ0) is 28.8. The lowest BCUT2D eigenvalue weighted by Gasteiger charge is -2.54. The molecule has 0 spiro atoms. The van der Waals surface area contributed by atoms with Crippen LogP contribution in [0.25, 0.3) is 0 Å². The monoisotopic (exact) mass is 577 g/mol. The van der Waals surface area contributed by atoms with Crippen molar-refractivity contribution < 1.29 is 31.8 Å². The summed E-state index contributed by atoms with van der Waals surface area (Å²) in [6, 6.07) is 5.87. The topological polar surface area (TPSA) is 32.7 Å². The van der Waals surface area contributed by atoms with Crippen LogP contribution >= 0.6 is 11.9 Å². The van der Waals surface area contributed by atoms with E-state index in [-0.39, 0.29) is 29.2 Å². The minimum absolute atomic E-state index is 0.170. The van der Waals surface area contributed by atoms with Crippen LogP contribution in [0.2, 0.25) is 0 Å². The van der Waals surface area contributed by atoms with Gasteiger partial charge < -0.3 is 9.84 Å². The van der Waals surface area contributed by atoms with Crippen molar-refractivity contribution in [1.82, 2.24) is 4.31 Å². The number of rotatable bonds is 10. The third-order valence-corrected chi connectivity index (χ3v) is 11.7. The maximum atomic E-state index is 13.3. The SMILES string of the molecule is COC1CCC2C3C(CCC(C)(C)N(C)SCCCC(F)(F)C(F)(F)F)Cc4cc(O)ccc4C3CCC12C. The molecular formula is C30H44F5NO2S. The number of phenols is 1. The number of methoxy groups -OCH3 is 1. The molecule has 0 radical (unpaired) electrons. The van der Waals surface area contributed by atoms with E-state index in [9.17, 15) is 27.1 Å². The summed E-state index contributed by atoms with van der Waals surface area (Å²) in [5.74, 6) is -2.07. The van der Waals surface area contributed by atoms with Gasteiger partial charge in [0.2, 0.25) is 0 Å². The number of aromatic hydroxyl groups is 1. The van der Waals surface area contributed by atoms with Crippen molar-refractivity contribution in [2.75, 3.05) is 19.9 Å². The summed E-state index contributed by atoms with van der Waals surface area (Å²) in [6.45, 7) is 6.65. The van der Waals surface area contributed by atoms with Gasteiger partial charge in [0.1, 0.15) is 5.75 Å². The second-order valence-electron chi connectivity index (χ2n) is 13.0. The first-order chi connectivity index (χ1) is 18.1. The molecule has 0 aliphatic heterocycles. The molecule has 3 aliphatic carbocycles. The van der Waals surface area contributed by atoms with Gasteiger partial charge in [0.25, 0.3) is 0 Å². The lowest BCUT2D eigenvalue weighted by Crippen LogP contribution is -2.48. The first kappa shape index (κ1) is 30.9. The number of phenolic OH excluding ortho intramolecular Hbond substituents is 1. The van der Waals surface area contributed by atoms with Gasteiger partial charge in [0.15, 0.2) is 0 Å². The standard InChI is InChI=1S/C30H44F5NO2S/c1-27(2,36(4)39-16-6-13-29(31,32)30(33,34)35)14-11-19-17-20-18-21(37)7-8-22(20)23-12-15-28(3)24(26(19)23)9-10-25(28)38-5/h7-8,18-19,23-26,37H,6,9-17H2,1-5H3. The number of ether oxygens (including phenoxy) is 1. The molecule has 9 heteroatoms. The van der Waals surface area contributed by atoms with Crippen molar-refractivity contribution in [3.05, 3.63) is 29.3 Å². The normalized spacial score (nSPS) is 31.2. The molecule has 3 nitrogen and oxygen atoms in total. The van der Waals surface area contributed by atoms with Crippen LogP contribution in [-0.2, 0) is 11.2 Å². The Bertz CT molecular complexity index is 1000. The van der Waals surface area contributed by atoms with Crippen LogP contribution in [0.1, 0.15) is 89.2 Å². The van der Waals surface area contributed by atoms with E-state index in [2.05, 4.69) is 26.8 Å². The summed E-state index contributed by atoms with van der Waals surface area (Å²) in [5, 5.41) is 10.2. The van der Waals surface area contributed by atoms with Crippen molar-refractivity contribution in [2.45, 2.75) is 108 Å². The Hall–Kier alpha value is -1.06. The van der Waals surface area contributed by atoms with E-state index in [4.69, 9.17) is 4.74 Å². The Morgan fingerprint density at radius 3 is 2.49 bits per heavy atom. The van der Waals surface area contributed by atoms with Crippen molar-refractivity contribution in [1.29, 1.82) is 0 Å². The summed E-state index contributed by atoms with van der Waals surface area (Å²) in [7, 11) is 3.74. The second kappa shape index (κ2) is 11.3. The summed E-state index contributed by atoms with van der Waals surface area (Å²) < 4.78 is 72.0. The molecule has 2 fully saturated rings. The molecule has 6 unspecified atom stereocenters. The van der Waals surface area contributed by atoms with Crippen LogP contribution in [-0.4, -0.2) is 53.1 Å². The van der Waals surface area contributed by atoms with E-state index >= 15 is 0 Å². The van der Waals surface area contributed by atoms with Crippen molar-refractivity contribution >= 4 is 11.9 Å². The van der Waals surface area contributed by atoms with E-state index in [1.54, 1.807) is 0 Å². The number of benzene rings is 1. The quantitative estimate of drug-likeness (QED) is 0.171. The van der Waals surface area contributed by atoms with Gasteiger partial charge in [-0.25, -0.2) is 4.31 Å². The van der Waals surface area contributed by atoms with E-state index < -0.39 is 18.5 Å². The van der Waals surface area contributed by atoms with Crippen LogP contribution in [0.15, 0.2) is 18.2 Å². The molecular weight excluding hydrogens is 533 g/mol. The van der Waals surface area contributed by atoms with E-state index in [1.165, 1.54) is 29.5 Å². The molecule has 4 rings (SSSR count). The molecule has 3 aliphatic rings. The van der Waals surface area contributed by atoms with Gasteiger partial charge in [-0.15, -0.1) is 0 Å². The van der Waals surface area contributed by atoms with Gasteiger partial charge >= 0.3 is 12.1 Å². The molecule has 1 aromatic rings. The van der Waals surface area contributed by atoms with E-state index in [1.807, 2.05) is 30.6 Å². The minimum Gasteiger partial charge on any atom is -0.508 e. The summed E-state index contributed by atoms with van der Waals surface area (Å²) >= 11 is 1.34. The predicted molar refractivity (Wildman–Crippen MR) is 146 cm³/mol. The molecule has 0 saturated heterocycles. The van der Waals surface area contributed by atoms with Gasteiger partial charge in [0, 0.05) is 24.8 Å². The highest BCUT2D eigenvalue weighted by molar-refractivity contribution is 7.97. The second-order valence-corrected chi connectivity index (χ2v) is 14.2. The fourth-order valence-electron chi connectivity index (χ4n) is 7.91. The Morgan fingerprint density at radius 2 is 1.82 bits per heavy atom. The highest BCUT2D eigenvalue weighted by Gasteiger charge is 2.58. The molecule has 1 aromatic carbocycles. The number of hydrogen-bond acceptors (Lipinski definition) is 4. The Morgan fingerprint density at radius 1 is 1.10 bits per heavy atom. The molecule has 6 atom stereocenters. The lowest BCUT2D eigenvalue weighted by atomic mass is 9.52. The van der Waals surface area contributed by atoms with E-state index in [0.717, 1.165) is 38.5 Å². The molecule has 222 valence electrons.